The minimum absolute atomic E-state index is 0.307. The molecule has 0 saturated heterocycles. The lowest BCUT2D eigenvalue weighted by molar-refractivity contribution is 0.0986. The maximum atomic E-state index is 12.3. The van der Waals surface area contributed by atoms with Gasteiger partial charge in [0, 0.05) is 26.6 Å². The number of nitrogens with zero attached hydrogens (tertiary/aromatic N) is 6. The molecule has 23 heavy (non-hydrogen) atoms. The van der Waals surface area contributed by atoms with Crippen molar-refractivity contribution < 1.29 is 22.6 Å². The summed E-state index contributed by atoms with van der Waals surface area (Å²) in [5.74, 6) is -2.43. The first-order valence-electron chi connectivity index (χ1n) is 5.48. The fraction of sp³-hybridized carbons (Fsp3) is 0. The molecule has 116 valence electrons. The highest BCUT2D eigenvalue weighted by molar-refractivity contribution is 7.91. The molecular weight excluding hydrogens is 352 g/mol. The number of Topliss-reactive ketones (excluding diaryl/α,β-unsaturated/α-hetero) is 2. The number of hydrogen-bond acceptors (Lipinski definition) is 6. The highest BCUT2D eigenvalue weighted by atomic mass is 35.5. The zero-order chi connectivity index (χ0) is 17.4. The Morgan fingerprint density at radius 2 is 1.70 bits per heavy atom. The Labute approximate surface area is 132 Å². The van der Waals surface area contributed by atoms with Gasteiger partial charge in [0.1, 0.15) is 5.03 Å². The summed E-state index contributed by atoms with van der Waals surface area (Å²) in [5, 5.41) is 5.36. The minimum atomic E-state index is -5.12. The van der Waals surface area contributed by atoms with Gasteiger partial charge in [-0.25, -0.2) is 0 Å². The van der Waals surface area contributed by atoms with E-state index in [9.17, 15) is 18.0 Å². The van der Waals surface area contributed by atoms with Crippen LogP contribution >= 0.6 is 11.6 Å². The standard InChI is InChI=1S/C10H3ClN6O5S/c11-6-8(18)3-1-2-4(14-16-12)7(15-17-13)5(3)9(19)10(6)23(20,21)22/h1-2H,(H,20,21,22). The SMILES string of the molecule is [N-]=[N+]=Nc1ccc2c(c1N=[N+]=[N-])C(=O)C(S(=O)(=O)O)=C(Cl)C2=O. The van der Waals surface area contributed by atoms with Gasteiger partial charge in [0.05, 0.1) is 5.69 Å². The molecule has 13 heteroatoms. The smallest absolute Gasteiger partial charge is 0.288 e. The van der Waals surface area contributed by atoms with Crippen molar-refractivity contribution >= 4 is 44.7 Å². The van der Waals surface area contributed by atoms with Gasteiger partial charge in [-0.15, -0.1) is 0 Å². The van der Waals surface area contributed by atoms with Crippen molar-refractivity contribution in [1.29, 1.82) is 0 Å². The van der Waals surface area contributed by atoms with Crippen molar-refractivity contribution in [2.24, 2.45) is 10.2 Å². The maximum absolute atomic E-state index is 12.3. The first kappa shape index (κ1) is 16.5. The van der Waals surface area contributed by atoms with Gasteiger partial charge in [0.15, 0.2) is 4.91 Å². The van der Waals surface area contributed by atoms with Crippen LogP contribution in [0.3, 0.4) is 0 Å². The normalized spacial score (nSPS) is 14.0. The van der Waals surface area contributed by atoms with Crippen LogP contribution in [0.15, 0.2) is 32.3 Å². The number of carbonyl (C=O) groups is 2. The number of halogens is 1. The zero-order valence-electron chi connectivity index (χ0n) is 10.7. The van der Waals surface area contributed by atoms with Crippen molar-refractivity contribution in [2.75, 3.05) is 0 Å². The number of rotatable bonds is 3. The number of fused-ring (bicyclic) bond motifs is 1. The van der Waals surface area contributed by atoms with E-state index >= 15 is 0 Å². The number of ketones is 2. The summed E-state index contributed by atoms with van der Waals surface area (Å²) in [4.78, 5) is 28.0. The fourth-order valence-electron chi connectivity index (χ4n) is 1.94. The summed E-state index contributed by atoms with van der Waals surface area (Å²) >= 11 is 5.56. The Kier molecular flexibility index (Phi) is 4.10. The molecule has 0 amide bonds. The molecule has 1 aliphatic carbocycles. The fourth-order valence-corrected chi connectivity index (χ4v) is 3.07. The Balaban J connectivity index is 2.97. The van der Waals surface area contributed by atoms with E-state index in [-0.39, 0.29) is 11.3 Å². The first-order valence-corrected chi connectivity index (χ1v) is 7.29. The Bertz CT molecular complexity index is 1000. The summed E-state index contributed by atoms with van der Waals surface area (Å²) in [6.45, 7) is 0. The van der Waals surface area contributed by atoms with E-state index in [1.165, 1.54) is 0 Å². The highest BCUT2D eigenvalue weighted by Gasteiger charge is 2.39. The average molecular weight is 355 g/mol. The second-order valence-corrected chi connectivity index (χ2v) is 5.75. The number of carbonyl (C=O) groups excluding carboxylic acids is 2. The van der Waals surface area contributed by atoms with Crippen LogP contribution in [0.25, 0.3) is 20.9 Å². The Hall–Kier alpha value is -2.88. The van der Waals surface area contributed by atoms with Crippen molar-refractivity contribution in [3.63, 3.8) is 0 Å². The predicted molar refractivity (Wildman–Crippen MR) is 77.1 cm³/mol. The van der Waals surface area contributed by atoms with Crippen molar-refractivity contribution in [3.05, 3.63) is 54.1 Å². The van der Waals surface area contributed by atoms with Gasteiger partial charge in [-0.05, 0) is 17.1 Å². The van der Waals surface area contributed by atoms with E-state index in [4.69, 9.17) is 27.2 Å². The first-order chi connectivity index (χ1) is 10.7. The van der Waals surface area contributed by atoms with E-state index in [2.05, 4.69) is 20.1 Å². The van der Waals surface area contributed by atoms with Crippen molar-refractivity contribution in [3.8, 4) is 0 Å². The van der Waals surface area contributed by atoms with E-state index in [1.807, 2.05) is 0 Å². The molecule has 1 aliphatic rings. The van der Waals surface area contributed by atoms with Gasteiger partial charge in [-0.3, -0.25) is 14.1 Å². The second-order valence-electron chi connectivity index (χ2n) is 4.01. The molecule has 0 radical (unpaired) electrons. The zero-order valence-corrected chi connectivity index (χ0v) is 12.3. The summed E-state index contributed by atoms with van der Waals surface area (Å²) in [6, 6.07) is 2.15. The van der Waals surface area contributed by atoms with Gasteiger partial charge in [0.2, 0.25) is 11.6 Å². The van der Waals surface area contributed by atoms with Gasteiger partial charge >= 0.3 is 0 Å². The lowest BCUT2D eigenvalue weighted by atomic mass is 9.92. The molecule has 0 aliphatic heterocycles. The van der Waals surface area contributed by atoms with Crippen LogP contribution in [-0.2, 0) is 10.1 Å². The van der Waals surface area contributed by atoms with Crippen LogP contribution in [0.1, 0.15) is 20.7 Å². The molecular formula is C10H3ClN6O5S. The largest absolute Gasteiger partial charge is 0.300 e. The number of benzene rings is 1. The molecule has 1 N–H and O–H groups in total. The molecule has 0 aromatic heterocycles. The third-order valence-electron chi connectivity index (χ3n) is 2.79. The molecule has 0 spiro atoms. The third-order valence-corrected chi connectivity index (χ3v) is 4.17. The molecule has 0 unspecified atom stereocenters. The number of azide groups is 2. The lowest BCUT2D eigenvalue weighted by Gasteiger charge is -2.18. The van der Waals surface area contributed by atoms with Gasteiger partial charge in [-0.2, -0.15) is 8.42 Å². The van der Waals surface area contributed by atoms with Gasteiger partial charge in [0.25, 0.3) is 10.1 Å². The van der Waals surface area contributed by atoms with E-state index in [0.29, 0.717) is 0 Å². The summed E-state index contributed by atoms with van der Waals surface area (Å²) < 4.78 is 31.7. The quantitative estimate of drug-likeness (QED) is 0.376. The van der Waals surface area contributed by atoms with E-state index < -0.39 is 42.9 Å². The topological polar surface area (TPSA) is 186 Å². The third kappa shape index (κ3) is 2.63. The molecule has 0 atom stereocenters. The molecule has 0 fully saturated rings. The van der Waals surface area contributed by atoms with Crippen LogP contribution < -0.4 is 0 Å². The van der Waals surface area contributed by atoms with E-state index in [0.717, 1.165) is 12.1 Å². The van der Waals surface area contributed by atoms with Crippen molar-refractivity contribution in [1.82, 2.24) is 0 Å². The monoisotopic (exact) mass is 354 g/mol. The lowest BCUT2D eigenvalue weighted by Crippen LogP contribution is -2.24. The second kappa shape index (κ2) is 5.72. The van der Waals surface area contributed by atoms with Crippen LogP contribution in [0.5, 0.6) is 0 Å². The van der Waals surface area contributed by atoms with Gasteiger partial charge < -0.3 is 0 Å². The van der Waals surface area contributed by atoms with Crippen LogP contribution in [-0.4, -0.2) is 24.5 Å². The molecule has 11 nitrogen and oxygen atoms in total. The molecule has 1 aromatic rings. The molecule has 0 saturated carbocycles. The molecule has 0 heterocycles. The molecule has 2 rings (SSSR count). The minimum Gasteiger partial charge on any atom is -0.288 e. The highest BCUT2D eigenvalue weighted by Crippen LogP contribution is 2.41. The maximum Gasteiger partial charge on any atom is 0.300 e. The molecule has 0 bridgehead atoms. The van der Waals surface area contributed by atoms with Crippen LogP contribution in [0, 0.1) is 0 Å². The van der Waals surface area contributed by atoms with Gasteiger partial charge in [-0.1, -0.05) is 27.9 Å². The Morgan fingerprint density at radius 1 is 1.09 bits per heavy atom. The average Bonchev–Trinajstić information content (AvgIpc) is 2.45. The number of allylic oxidation sites excluding steroid dienone is 2. The summed E-state index contributed by atoms with van der Waals surface area (Å²) in [5.41, 5.74) is 15.2. The Morgan fingerprint density at radius 3 is 2.22 bits per heavy atom. The van der Waals surface area contributed by atoms with E-state index in [1.54, 1.807) is 0 Å². The summed E-state index contributed by atoms with van der Waals surface area (Å²) in [7, 11) is -5.12. The number of hydrogen-bond donors (Lipinski definition) is 1. The van der Waals surface area contributed by atoms with Crippen LogP contribution in [0.2, 0.25) is 0 Å². The predicted octanol–water partition coefficient (Wildman–Crippen LogP) is 3.29. The van der Waals surface area contributed by atoms with Crippen LogP contribution in [0.4, 0.5) is 11.4 Å². The molecule has 1 aromatic carbocycles. The summed E-state index contributed by atoms with van der Waals surface area (Å²) in [6.07, 6.45) is 0. The van der Waals surface area contributed by atoms with Crippen molar-refractivity contribution in [2.45, 2.75) is 0 Å².